The zero-order valence-corrected chi connectivity index (χ0v) is 17.1. The maximum atomic E-state index is 6.17. The average molecular weight is 399 g/mol. The van der Waals surface area contributed by atoms with Gasteiger partial charge in [0.05, 0.1) is 26.2 Å². The van der Waals surface area contributed by atoms with Crippen LogP contribution in [0.2, 0.25) is 5.02 Å². The molecule has 2 N–H and O–H groups in total. The molecule has 2 heterocycles. The van der Waals surface area contributed by atoms with Gasteiger partial charge in [0, 0.05) is 17.3 Å². The molecule has 1 fully saturated rings. The Bertz CT molecular complexity index is 765. The molecule has 0 atom stereocenters. The average Bonchev–Trinajstić information content (AvgIpc) is 2.95. The van der Waals surface area contributed by atoms with Gasteiger partial charge in [-0.1, -0.05) is 35.9 Å². The van der Waals surface area contributed by atoms with Gasteiger partial charge < -0.3 is 15.1 Å². The van der Waals surface area contributed by atoms with E-state index >= 15 is 0 Å². The van der Waals surface area contributed by atoms with E-state index in [1.807, 2.05) is 10.7 Å². The highest BCUT2D eigenvalue weighted by molar-refractivity contribution is 7.73. The number of halogens is 1. The standard InChI is InChI=1S/C17H24ClN5S2/c1-3-6-19-16-20-23(17(24)25-16)12-21-7-9-22(10-8-21)15-11-14(18)5-4-13(15)2/h4-5,11H,3,6-10,12H2,1-2H3,(H,19,20)/p+1. The Kier molecular flexibility index (Phi) is 6.33. The first kappa shape index (κ1) is 18.6. The molecule has 3 rings (SSSR count). The van der Waals surface area contributed by atoms with Crippen LogP contribution in [0.4, 0.5) is 10.8 Å². The van der Waals surface area contributed by atoms with Crippen molar-refractivity contribution >= 4 is 46.0 Å². The molecule has 1 aliphatic heterocycles. The molecule has 0 unspecified atom stereocenters. The van der Waals surface area contributed by atoms with Crippen molar-refractivity contribution in [3.63, 3.8) is 0 Å². The lowest BCUT2D eigenvalue weighted by molar-refractivity contribution is -0.924. The van der Waals surface area contributed by atoms with Crippen molar-refractivity contribution in [1.29, 1.82) is 0 Å². The number of nitrogens with zero attached hydrogens (tertiary/aromatic N) is 3. The molecule has 0 bridgehead atoms. The monoisotopic (exact) mass is 398 g/mol. The van der Waals surface area contributed by atoms with Crippen LogP contribution in [0.5, 0.6) is 0 Å². The highest BCUT2D eigenvalue weighted by atomic mass is 35.5. The van der Waals surface area contributed by atoms with E-state index in [2.05, 4.69) is 41.3 Å². The molecule has 0 radical (unpaired) electrons. The van der Waals surface area contributed by atoms with Gasteiger partial charge in [0.2, 0.25) is 5.13 Å². The third-order valence-corrected chi connectivity index (χ3v) is 5.99. The third-order valence-electron chi connectivity index (χ3n) is 4.49. The Labute approximate surface area is 163 Å². The molecule has 25 heavy (non-hydrogen) atoms. The molecule has 2 aromatic rings. The smallest absolute Gasteiger partial charge is 0.204 e. The van der Waals surface area contributed by atoms with Gasteiger partial charge in [0.1, 0.15) is 0 Å². The van der Waals surface area contributed by atoms with Crippen LogP contribution in [0, 0.1) is 10.9 Å². The van der Waals surface area contributed by atoms with E-state index < -0.39 is 0 Å². The Morgan fingerprint density at radius 1 is 1.36 bits per heavy atom. The van der Waals surface area contributed by atoms with Gasteiger partial charge in [0.25, 0.3) is 0 Å². The number of piperazine rings is 1. The van der Waals surface area contributed by atoms with Crippen LogP contribution in [0.15, 0.2) is 18.2 Å². The summed E-state index contributed by atoms with van der Waals surface area (Å²) in [6.45, 7) is 10.3. The summed E-state index contributed by atoms with van der Waals surface area (Å²) in [6.07, 6.45) is 1.09. The van der Waals surface area contributed by atoms with Crippen molar-refractivity contribution in [3.05, 3.63) is 32.7 Å². The minimum Gasteiger partial charge on any atom is -0.360 e. The van der Waals surface area contributed by atoms with Crippen molar-refractivity contribution in [2.45, 2.75) is 26.9 Å². The molecule has 8 heteroatoms. The van der Waals surface area contributed by atoms with Crippen molar-refractivity contribution in [1.82, 2.24) is 9.78 Å². The minimum atomic E-state index is 0.802. The number of benzene rings is 1. The third kappa shape index (κ3) is 4.73. The van der Waals surface area contributed by atoms with Crippen molar-refractivity contribution in [2.75, 3.05) is 42.9 Å². The molecule has 0 aliphatic carbocycles. The predicted octanol–water partition coefficient (Wildman–Crippen LogP) is 2.82. The molecule has 1 aromatic carbocycles. The van der Waals surface area contributed by atoms with Crippen molar-refractivity contribution < 1.29 is 4.90 Å². The van der Waals surface area contributed by atoms with Crippen LogP contribution in [-0.2, 0) is 6.67 Å². The molecular formula is C17H25ClN5S2+. The second kappa shape index (κ2) is 8.49. The molecule has 136 valence electrons. The Hall–Kier alpha value is -1.15. The van der Waals surface area contributed by atoms with Gasteiger partial charge in [-0.25, -0.2) is 0 Å². The molecule has 1 aromatic heterocycles. The van der Waals surface area contributed by atoms with Gasteiger partial charge in [-0.05, 0) is 43.3 Å². The fourth-order valence-corrected chi connectivity index (χ4v) is 4.26. The van der Waals surface area contributed by atoms with E-state index in [-0.39, 0.29) is 0 Å². The first-order chi connectivity index (χ1) is 12.1. The molecule has 5 nitrogen and oxygen atoms in total. The number of anilines is 2. The van der Waals surface area contributed by atoms with Gasteiger partial charge in [-0.15, -0.1) is 5.10 Å². The van der Waals surface area contributed by atoms with E-state index in [0.29, 0.717) is 0 Å². The lowest BCUT2D eigenvalue weighted by Crippen LogP contribution is -3.14. The molecule has 1 aliphatic rings. The summed E-state index contributed by atoms with van der Waals surface area (Å²) in [5, 5.41) is 9.67. The van der Waals surface area contributed by atoms with Crippen LogP contribution in [0.1, 0.15) is 18.9 Å². The fourth-order valence-electron chi connectivity index (χ4n) is 3.07. The van der Waals surface area contributed by atoms with E-state index in [1.54, 1.807) is 11.3 Å². The highest BCUT2D eigenvalue weighted by Crippen LogP contribution is 2.24. The normalized spacial score (nSPS) is 15.6. The number of quaternary nitrogens is 1. The number of hydrogen-bond donors (Lipinski definition) is 2. The van der Waals surface area contributed by atoms with E-state index in [4.69, 9.17) is 23.8 Å². The Morgan fingerprint density at radius 3 is 2.84 bits per heavy atom. The SMILES string of the molecule is CCCNc1nn(C[NH+]2CCN(c3cc(Cl)ccc3C)CC2)c(=S)s1. The summed E-state index contributed by atoms with van der Waals surface area (Å²) in [5.74, 6) is 0. The largest absolute Gasteiger partial charge is 0.360 e. The summed E-state index contributed by atoms with van der Waals surface area (Å²) in [7, 11) is 0. The van der Waals surface area contributed by atoms with Gasteiger partial charge in [-0.2, -0.15) is 4.68 Å². The van der Waals surface area contributed by atoms with Crippen LogP contribution >= 0.6 is 35.2 Å². The van der Waals surface area contributed by atoms with Crippen molar-refractivity contribution in [3.8, 4) is 0 Å². The summed E-state index contributed by atoms with van der Waals surface area (Å²) in [4.78, 5) is 3.94. The molecule has 1 saturated heterocycles. The Balaban J connectivity index is 1.58. The second-order valence-corrected chi connectivity index (χ2v) is 8.48. The van der Waals surface area contributed by atoms with Crippen LogP contribution in [0.3, 0.4) is 0 Å². The zero-order valence-electron chi connectivity index (χ0n) is 14.7. The summed E-state index contributed by atoms with van der Waals surface area (Å²) in [5.41, 5.74) is 2.53. The Morgan fingerprint density at radius 2 is 2.12 bits per heavy atom. The van der Waals surface area contributed by atoms with Crippen LogP contribution in [0.25, 0.3) is 0 Å². The zero-order chi connectivity index (χ0) is 17.8. The lowest BCUT2D eigenvalue weighted by atomic mass is 10.1. The molecule has 0 saturated carbocycles. The van der Waals surface area contributed by atoms with Crippen LogP contribution < -0.4 is 15.1 Å². The summed E-state index contributed by atoms with van der Waals surface area (Å²) in [6, 6.07) is 6.12. The van der Waals surface area contributed by atoms with Gasteiger partial charge in [-0.3, -0.25) is 0 Å². The first-order valence-corrected chi connectivity index (χ1v) is 10.3. The highest BCUT2D eigenvalue weighted by Gasteiger charge is 2.22. The maximum Gasteiger partial charge on any atom is 0.204 e. The van der Waals surface area contributed by atoms with E-state index in [0.717, 1.165) is 59.9 Å². The number of rotatable bonds is 6. The van der Waals surface area contributed by atoms with Crippen molar-refractivity contribution in [2.24, 2.45) is 0 Å². The van der Waals surface area contributed by atoms with E-state index in [1.165, 1.54) is 16.2 Å². The summed E-state index contributed by atoms with van der Waals surface area (Å²) < 4.78 is 2.81. The topological polar surface area (TPSA) is 37.5 Å². The molecule has 0 amide bonds. The lowest BCUT2D eigenvalue weighted by Gasteiger charge is -2.34. The number of aromatic nitrogens is 2. The van der Waals surface area contributed by atoms with Crippen LogP contribution in [-0.4, -0.2) is 42.5 Å². The van der Waals surface area contributed by atoms with E-state index in [9.17, 15) is 0 Å². The first-order valence-electron chi connectivity index (χ1n) is 8.73. The number of aryl methyl sites for hydroxylation is 1. The number of hydrogen-bond acceptors (Lipinski definition) is 5. The maximum absolute atomic E-state index is 6.17. The minimum absolute atomic E-state index is 0.802. The number of nitrogens with one attached hydrogen (secondary N) is 2. The predicted molar refractivity (Wildman–Crippen MR) is 109 cm³/mol. The van der Waals surface area contributed by atoms with Gasteiger partial charge in [0.15, 0.2) is 10.6 Å². The molecular weight excluding hydrogens is 374 g/mol. The van der Waals surface area contributed by atoms with Gasteiger partial charge >= 0.3 is 0 Å². The summed E-state index contributed by atoms with van der Waals surface area (Å²) >= 11 is 13.2. The molecule has 0 spiro atoms. The fraction of sp³-hybridized carbons (Fsp3) is 0.529. The quantitative estimate of drug-likeness (QED) is 0.734. The second-order valence-electron chi connectivity index (χ2n) is 6.43.